The highest BCUT2D eigenvalue weighted by atomic mass is 35.5. The average molecular weight is 373 g/mol. The number of hydrogen-bond acceptors (Lipinski definition) is 3. The molecule has 2 amide bonds. The van der Waals surface area contributed by atoms with E-state index in [1.165, 1.54) is 16.8 Å². The van der Waals surface area contributed by atoms with Crippen LogP contribution >= 0.6 is 11.6 Å². The fourth-order valence-corrected chi connectivity index (χ4v) is 3.11. The van der Waals surface area contributed by atoms with Crippen LogP contribution in [0.5, 0.6) is 0 Å². The number of aryl methyl sites for hydroxylation is 1. The van der Waals surface area contributed by atoms with Gasteiger partial charge in [-0.2, -0.15) is 5.10 Å². The minimum atomic E-state index is -0.218. The Kier molecular flexibility index (Phi) is 5.13. The molecule has 0 bridgehead atoms. The van der Waals surface area contributed by atoms with Gasteiger partial charge in [-0.15, -0.1) is 0 Å². The number of carbonyl (C=O) groups is 2. The first-order valence-corrected chi connectivity index (χ1v) is 8.73. The number of amides is 2. The summed E-state index contributed by atoms with van der Waals surface area (Å²) in [6.07, 6.45) is 2.55. The van der Waals surface area contributed by atoms with Crippen LogP contribution in [0, 0.1) is 0 Å². The van der Waals surface area contributed by atoms with Crippen LogP contribution in [0.15, 0.2) is 47.7 Å². The van der Waals surface area contributed by atoms with Crippen molar-refractivity contribution in [3.63, 3.8) is 0 Å². The zero-order chi connectivity index (χ0) is 18.8. The Morgan fingerprint density at radius 3 is 2.54 bits per heavy atom. The smallest absolute Gasteiger partial charge is 0.262 e. The molecule has 0 fully saturated rings. The van der Waals surface area contributed by atoms with E-state index in [0.29, 0.717) is 11.4 Å². The molecule has 136 valence electrons. The van der Waals surface area contributed by atoms with Crippen LogP contribution in [-0.4, -0.2) is 45.6 Å². The van der Waals surface area contributed by atoms with Crippen LogP contribution in [-0.2, 0) is 16.6 Å². The minimum Gasteiger partial charge on any atom is -0.350 e. The molecule has 2 heterocycles. The Morgan fingerprint density at radius 1 is 1.27 bits per heavy atom. The van der Waals surface area contributed by atoms with Gasteiger partial charge >= 0.3 is 0 Å². The molecule has 26 heavy (non-hydrogen) atoms. The van der Waals surface area contributed by atoms with Gasteiger partial charge in [0.1, 0.15) is 6.54 Å². The van der Waals surface area contributed by atoms with E-state index in [1.807, 2.05) is 54.2 Å². The van der Waals surface area contributed by atoms with Crippen molar-refractivity contribution in [2.75, 3.05) is 13.6 Å². The van der Waals surface area contributed by atoms with E-state index in [9.17, 15) is 9.59 Å². The van der Waals surface area contributed by atoms with Crippen molar-refractivity contribution >= 4 is 29.1 Å². The minimum absolute atomic E-state index is 0.0106. The van der Waals surface area contributed by atoms with Crippen molar-refractivity contribution < 1.29 is 9.59 Å². The number of hydrazone groups is 1. The van der Waals surface area contributed by atoms with Crippen molar-refractivity contribution in [3.8, 4) is 0 Å². The standard InChI is InChI=1S/C19H21ClN4O2/c1-13(25)23(3)12-19(26)24-18(14-6-8-15(20)9-7-14)11-16(21-24)17-5-4-10-22(17)2/h4-10,18H,11-12H2,1-3H3. The van der Waals surface area contributed by atoms with Gasteiger partial charge in [0.2, 0.25) is 5.91 Å². The number of likely N-dealkylation sites (N-methyl/N-ethyl adjacent to an activating group) is 1. The lowest BCUT2D eigenvalue weighted by atomic mass is 10.0. The van der Waals surface area contributed by atoms with Gasteiger partial charge in [0.05, 0.1) is 17.4 Å². The Morgan fingerprint density at radius 2 is 1.96 bits per heavy atom. The van der Waals surface area contributed by atoms with Gasteiger partial charge in [-0.05, 0) is 29.8 Å². The molecule has 0 aliphatic carbocycles. The fourth-order valence-electron chi connectivity index (χ4n) is 2.99. The third-order valence-corrected chi connectivity index (χ3v) is 4.82. The molecule has 1 aliphatic rings. The van der Waals surface area contributed by atoms with E-state index in [-0.39, 0.29) is 24.4 Å². The first-order valence-electron chi connectivity index (χ1n) is 8.35. The summed E-state index contributed by atoms with van der Waals surface area (Å²) >= 11 is 5.99. The lowest BCUT2D eigenvalue weighted by molar-refractivity contribution is -0.139. The van der Waals surface area contributed by atoms with Gasteiger partial charge in [0, 0.05) is 38.7 Å². The highest BCUT2D eigenvalue weighted by Crippen LogP contribution is 2.33. The van der Waals surface area contributed by atoms with Crippen LogP contribution in [0.25, 0.3) is 0 Å². The maximum atomic E-state index is 12.8. The third kappa shape index (κ3) is 3.65. The second kappa shape index (κ2) is 7.33. The number of rotatable bonds is 4. The highest BCUT2D eigenvalue weighted by molar-refractivity contribution is 6.30. The molecule has 3 rings (SSSR count). The van der Waals surface area contributed by atoms with Crippen molar-refractivity contribution in [1.82, 2.24) is 14.5 Å². The number of halogens is 1. The Balaban J connectivity index is 1.92. The summed E-state index contributed by atoms with van der Waals surface area (Å²) in [7, 11) is 3.55. The number of nitrogens with zero attached hydrogens (tertiary/aromatic N) is 4. The van der Waals surface area contributed by atoms with Crippen LogP contribution in [0.3, 0.4) is 0 Å². The fraction of sp³-hybridized carbons (Fsp3) is 0.316. The van der Waals surface area contributed by atoms with E-state index in [4.69, 9.17) is 11.6 Å². The molecule has 7 heteroatoms. The summed E-state index contributed by atoms with van der Waals surface area (Å²) in [5, 5.41) is 6.73. The van der Waals surface area contributed by atoms with E-state index in [0.717, 1.165) is 17.0 Å². The van der Waals surface area contributed by atoms with Crippen molar-refractivity contribution in [2.45, 2.75) is 19.4 Å². The topological polar surface area (TPSA) is 57.9 Å². The van der Waals surface area contributed by atoms with E-state index in [1.54, 1.807) is 7.05 Å². The molecule has 0 spiro atoms. The zero-order valence-corrected chi connectivity index (χ0v) is 15.8. The van der Waals surface area contributed by atoms with E-state index < -0.39 is 0 Å². The molecule has 0 N–H and O–H groups in total. The van der Waals surface area contributed by atoms with Crippen molar-refractivity contribution in [3.05, 3.63) is 58.9 Å². The maximum Gasteiger partial charge on any atom is 0.262 e. The van der Waals surface area contributed by atoms with E-state index in [2.05, 4.69) is 5.10 Å². The van der Waals surface area contributed by atoms with E-state index >= 15 is 0 Å². The SMILES string of the molecule is CC(=O)N(C)CC(=O)N1N=C(c2cccn2C)CC1c1ccc(Cl)cc1. The van der Waals surface area contributed by atoms with Gasteiger partial charge < -0.3 is 9.47 Å². The normalized spacial score (nSPS) is 16.5. The number of aromatic nitrogens is 1. The molecule has 0 saturated heterocycles. The van der Waals surface area contributed by atoms with Crippen LogP contribution in [0.2, 0.25) is 5.02 Å². The molecule has 0 saturated carbocycles. The first kappa shape index (κ1) is 18.2. The second-order valence-corrected chi connectivity index (χ2v) is 6.87. The average Bonchev–Trinajstić information content (AvgIpc) is 3.21. The summed E-state index contributed by atoms with van der Waals surface area (Å²) in [6.45, 7) is 1.43. The molecule has 0 radical (unpaired) electrons. The monoisotopic (exact) mass is 372 g/mol. The van der Waals surface area contributed by atoms with Gasteiger partial charge in [-0.25, -0.2) is 5.01 Å². The van der Waals surface area contributed by atoms with Crippen molar-refractivity contribution in [2.24, 2.45) is 12.1 Å². The van der Waals surface area contributed by atoms with Crippen molar-refractivity contribution in [1.29, 1.82) is 0 Å². The lowest BCUT2D eigenvalue weighted by Crippen LogP contribution is -2.38. The predicted octanol–water partition coefficient (Wildman–Crippen LogP) is 2.83. The molecule has 2 aromatic rings. The zero-order valence-electron chi connectivity index (χ0n) is 15.0. The lowest BCUT2D eigenvalue weighted by Gasteiger charge is -2.24. The molecule has 1 atom stereocenters. The van der Waals surface area contributed by atoms with Gasteiger partial charge in [-0.3, -0.25) is 9.59 Å². The first-order chi connectivity index (χ1) is 12.4. The molecular weight excluding hydrogens is 352 g/mol. The highest BCUT2D eigenvalue weighted by Gasteiger charge is 2.34. The third-order valence-electron chi connectivity index (χ3n) is 4.57. The van der Waals surface area contributed by atoms with Crippen LogP contribution in [0.1, 0.15) is 30.6 Å². The molecule has 1 aromatic carbocycles. The van der Waals surface area contributed by atoms with Gasteiger partial charge in [0.15, 0.2) is 0 Å². The number of hydrogen-bond donors (Lipinski definition) is 0. The molecular formula is C19H21ClN4O2. The second-order valence-electron chi connectivity index (χ2n) is 6.44. The number of carbonyl (C=O) groups excluding carboxylic acids is 2. The molecule has 1 aromatic heterocycles. The Hall–Kier alpha value is -2.60. The quantitative estimate of drug-likeness (QED) is 0.828. The van der Waals surface area contributed by atoms with Crippen LogP contribution < -0.4 is 0 Å². The maximum absolute atomic E-state index is 12.8. The van der Waals surface area contributed by atoms with Gasteiger partial charge in [-0.1, -0.05) is 23.7 Å². The van der Waals surface area contributed by atoms with Crippen LogP contribution in [0.4, 0.5) is 0 Å². The molecule has 1 unspecified atom stereocenters. The molecule has 1 aliphatic heterocycles. The largest absolute Gasteiger partial charge is 0.350 e. The summed E-state index contributed by atoms with van der Waals surface area (Å²) in [6, 6.07) is 11.1. The van der Waals surface area contributed by atoms with Gasteiger partial charge in [0.25, 0.3) is 5.91 Å². The number of benzene rings is 1. The summed E-state index contributed by atoms with van der Waals surface area (Å²) in [5.74, 6) is -0.376. The summed E-state index contributed by atoms with van der Waals surface area (Å²) in [5.41, 5.74) is 2.77. The predicted molar refractivity (Wildman–Crippen MR) is 101 cm³/mol. The summed E-state index contributed by atoms with van der Waals surface area (Å²) < 4.78 is 1.98. The molecule has 6 nitrogen and oxygen atoms in total. The summed E-state index contributed by atoms with van der Waals surface area (Å²) in [4.78, 5) is 25.7. The Labute approximate surface area is 157 Å². The Bertz CT molecular complexity index is 857.